The third kappa shape index (κ3) is 5.07. The molecular formula is C6H12Cl2N2O. The summed E-state index contributed by atoms with van der Waals surface area (Å²) in [6.45, 7) is 0.709. The van der Waals surface area contributed by atoms with Gasteiger partial charge in [0.1, 0.15) is 5.76 Å². The lowest BCUT2D eigenvalue weighted by Crippen LogP contribution is -1.99. The fraction of sp³-hybridized carbons (Fsp3) is 0.500. The van der Waals surface area contributed by atoms with Gasteiger partial charge >= 0.3 is 0 Å². The van der Waals surface area contributed by atoms with Gasteiger partial charge in [0.25, 0.3) is 0 Å². The highest BCUT2D eigenvalue weighted by molar-refractivity contribution is 5.85. The van der Waals surface area contributed by atoms with Crippen molar-refractivity contribution in [1.82, 2.24) is 4.98 Å². The maximum absolute atomic E-state index is 5.28. The molecule has 0 saturated carbocycles. The summed E-state index contributed by atoms with van der Waals surface area (Å²) < 4.78 is 4.97. The molecule has 5 heteroatoms. The predicted octanol–water partition coefficient (Wildman–Crippen LogP) is 1.41. The van der Waals surface area contributed by atoms with Crippen molar-refractivity contribution in [3.63, 3.8) is 0 Å². The van der Waals surface area contributed by atoms with Gasteiger partial charge in [-0.1, -0.05) is 0 Å². The zero-order valence-electron chi connectivity index (χ0n) is 6.03. The molecule has 3 nitrogen and oxygen atoms in total. The molecule has 1 aromatic rings. The summed E-state index contributed by atoms with van der Waals surface area (Å²) in [7, 11) is 0. The van der Waals surface area contributed by atoms with Crippen LogP contribution in [0.15, 0.2) is 17.0 Å². The molecule has 1 aromatic heterocycles. The van der Waals surface area contributed by atoms with Gasteiger partial charge in [-0.25, -0.2) is 4.98 Å². The van der Waals surface area contributed by atoms with Crippen LogP contribution in [0.3, 0.4) is 0 Å². The largest absolute Gasteiger partial charge is 0.449 e. The van der Waals surface area contributed by atoms with Crippen molar-refractivity contribution in [2.45, 2.75) is 12.8 Å². The first kappa shape index (κ1) is 13.3. The van der Waals surface area contributed by atoms with E-state index >= 15 is 0 Å². The number of oxazole rings is 1. The van der Waals surface area contributed by atoms with Gasteiger partial charge in [-0.3, -0.25) is 0 Å². The van der Waals surface area contributed by atoms with Crippen LogP contribution in [0, 0.1) is 0 Å². The van der Waals surface area contributed by atoms with E-state index in [1.54, 1.807) is 6.20 Å². The van der Waals surface area contributed by atoms with Crippen molar-refractivity contribution in [2.75, 3.05) is 6.54 Å². The molecule has 11 heavy (non-hydrogen) atoms. The average Bonchev–Trinajstić information content (AvgIpc) is 2.34. The van der Waals surface area contributed by atoms with E-state index in [-0.39, 0.29) is 24.8 Å². The summed E-state index contributed by atoms with van der Waals surface area (Å²) in [4.78, 5) is 3.77. The molecule has 0 saturated heterocycles. The Balaban J connectivity index is 0. The lowest BCUT2D eigenvalue weighted by molar-refractivity contribution is 0.498. The molecule has 1 heterocycles. The van der Waals surface area contributed by atoms with Crippen molar-refractivity contribution in [3.8, 4) is 0 Å². The Morgan fingerprint density at radius 2 is 2.18 bits per heavy atom. The van der Waals surface area contributed by atoms with Crippen molar-refractivity contribution in [3.05, 3.63) is 18.4 Å². The highest BCUT2D eigenvalue weighted by Crippen LogP contribution is 1.98. The average molecular weight is 199 g/mol. The number of aromatic nitrogens is 1. The fourth-order valence-electron chi connectivity index (χ4n) is 0.642. The Kier molecular flexibility index (Phi) is 9.53. The minimum atomic E-state index is 0. The van der Waals surface area contributed by atoms with E-state index in [0.717, 1.165) is 18.6 Å². The number of nitrogens with zero attached hydrogens (tertiary/aromatic N) is 1. The Morgan fingerprint density at radius 1 is 1.45 bits per heavy atom. The quantitative estimate of drug-likeness (QED) is 0.800. The first-order chi connectivity index (χ1) is 4.43. The van der Waals surface area contributed by atoms with Crippen molar-refractivity contribution < 1.29 is 4.42 Å². The summed E-state index contributed by atoms with van der Waals surface area (Å²) in [5.41, 5.74) is 5.28. The molecule has 0 aliphatic carbocycles. The highest BCUT2D eigenvalue weighted by Gasteiger charge is 1.92. The number of halogens is 2. The second-order valence-electron chi connectivity index (χ2n) is 1.86. The van der Waals surface area contributed by atoms with Gasteiger partial charge < -0.3 is 10.2 Å². The molecule has 0 bridgehead atoms. The first-order valence-electron chi connectivity index (χ1n) is 3.01. The van der Waals surface area contributed by atoms with Gasteiger partial charge in [-0.15, -0.1) is 24.8 Å². The molecule has 0 unspecified atom stereocenters. The summed E-state index contributed by atoms with van der Waals surface area (Å²) in [5, 5.41) is 0. The maximum atomic E-state index is 5.28. The molecule has 0 aromatic carbocycles. The predicted molar refractivity (Wildman–Crippen MR) is 48.4 cm³/mol. The van der Waals surface area contributed by atoms with Gasteiger partial charge in [0.15, 0.2) is 6.39 Å². The van der Waals surface area contributed by atoms with Gasteiger partial charge in [-0.05, 0) is 13.0 Å². The van der Waals surface area contributed by atoms with Gasteiger partial charge in [0.05, 0.1) is 6.20 Å². The van der Waals surface area contributed by atoms with Crippen LogP contribution in [0.4, 0.5) is 0 Å². The van der Waals surface area contributed by atoms with Crippen LogP contribution in [0.2, 0.25) is 0 Å². The second kappa shape index (κ2) is 7.85. The van der Waals surface area contributed by atoms with E-state index < -0.39 is 0 Å². The monoisotopic (exact) mass is 198 g/mol. The Morgan fingerprint density at radius 3 is 2.64 bits per heavy atom. The number of nitrogens with two attached hydrogens (primary N) is 1. The molecule has 0 atom stereocenters. The molecule has 0 fully saturated rings. The van der Waals surface area contributed by atoms with Crippen LogP contribution in [-0.2, 0) is 6.42 Å². The van der Waals surface area contributed by atoms with E-state index in [2.05, 4.69) is 4.98 Å². The molecule has 2 N–H and O–H groups in total. The minimum Gasteiger partial charge on any atom is -0.449 e. The molecule has 0 aliphatic heterocycles. The number of aryl methyl sites for hydroxylation is 1. The van der Waals surface area contributed by atoms with Crippen LogP contribution in [0.1, 0.15) is 12.2 Å². The third-order valence-corrected chi connectivity index (χ3v) is 1.11. The lowest BCUT2D eigenvalue weighted by Gasteiger charge is -1.89. The molecule has 1 rings (SSSR count). The zero-order chi connectivity index (χ0) is 6.53. The van der Waals surface area contributed by atoms with E-state index in [1.165, 1.54) is 6.39 Å². The fourth-order valence-corrected chi connectivity index (χ4v) is 0.642. The maximum Gasteiger partial charge on any atom is 0.180 e. The Bertz CT molecular complexity index is 156. The van der Waals surface area contributed by atoms with Gasteiger partial charge in [-0.2, -0.15) is 0 Å². The van der Waals surface area contributed by atoms with E-state index in [4.69, 9.17) is 10.2 Å². The van der Waals surface area contributed by atoms with Crippen LogP contribution in [0.25, 0.3) is 0 Å². The number of rotatable bonds is 3. The topological polar surface area (TPSA) is 52.0 Å². The Labute approximate surface area is 78.2 Å². The van der Waals surface area contributed by atoms with Crippen LogP contribution >= 0.6 is 24.8 Å². The second-order valence-corrected chi connectivity index (χ2v) is 1.86. The first-order valence-corrected chi connectivity index (χ1v) is 3.01. The van der Waals surface area contributed by atoms with Crippen LogP contribution in [0.5, 0.6) is 0 Å². The third-order valence-electron chi connectivity index (χ3n) is 1.11. The normalized spacial score (nSPS) is 8.09. The summed E-state index contributed by atoms with van der Waals surface area (Å²) >= 11 is 0. The lowest BCUT2D eigenvalue weighted by atomic mass is 10.3. The molecular weight excluding hydrogens is 187 g/mol. The zero-order valence-corrected chi connectivity index (χ0v) is 7.66. The summed E-state index contributed by atoms with van der Waals surface area (Å²) in [5.74, 6) is 0.917. The summed E-state index contributed by atoms with van der Waals surface area (Å²) in [6.07, 6.45) is 5.02. The summed E-state index contributed by atoms with van der Waals surface area (Å²) in [6, 6.07) is 0. The smallest absolute Gasteiger partial charge is 0.180 e. The minimum absolute atomic E-state index is 0. The molecule has 0 spiro atoms. The Hall–Kier alpha value is -0.250. The molecule has 0 aliphatic rings. The van der Waals surface area contributed by atoms with Gasteiger partial charge in [0.2, 0.25) is 0 Å². The van der Waals surface area contributed by atoms with Crippen molar-refractivity contribution >= 4 is 24.8 Å². The molecule has 66 valence electrons. The van der Waals surface area contributed by atoms with E-state index in [9.17, 15) is 0 Å². The van der Waals surface area contributed by atoms with Crippen LogP contribution in [-0.4, -0.2) is 11.5 Å². The van der Waals surface area contributed by atoms with Crippen molar-refractivity contribution in [1.29, 1.82) is 0 Å². The van der Waals surface area contributed by atoms with E-state index in [0.29, 0.717) is 6.54 Å². The molecule has 0 radical (unpaired) electrons. The van der Waals surface area contributed by atoms with E-state index in [1.807, 2.05) is 0 Å². The number of hydrogen-bond donors (Lipinski definition) is 1. The SMILES string of the molecule is Cl.Cl.NCCCc1cnco1. The van der Waals surface area contributed by atoms with Crippen molar-refractivity contribution in [2.24, 2.45) is 5.73 Å². The van der Waals surface area contributed by atoms with Gasteiger partial charge in [0, 0.05) is 6.42 Å². The number of hydrogen-bond acceptors (Lipinski definition) is 3. The van der Waals surface area contributed by atoms with Crippen LogP contribution < -0.4 is 5.73 Å². The highest BCUT2D eigenvalue weighted by atomic mass is 35.5. The standard InChI is InChI=1S/C6H10N2O.2ClH/c7-3-1-2-6-4-8-5-9-6;;/h4-5H,1-3,7H2;2*1H. The molecule has 0 amide bonds.